The molecule has 3 N–H and O–H groups in total. The first kappa shape index (κ1) is 21.0. The first-order valence-electron chi connectivity index (χ1n) is 8.90. The van der Waals surface area contributed by atoms with Crippen LogP contribution < -0.4 is 24.8 Å². The lowest BCUT2D eigenvalue weighted by atomic mass is 10.3. The second-order valence-electron chi connectivity index (χ2n) is 6.11. The van der Waals surface area contributed by atoms with Crippen LogP contribution >= 0.6 is 0 Å². The van der Waals surface area contributed by atoms with E-state index in [0.717, 1.165) is 0 Å². The topological polar surface area (TPSA) is 106 Å². The van der Waals surface area contributed by atoms with E-state index in [-0.39, 0.29) is 4.90 Å². The van der Waals surface area contributed by atoms with Crippen LogP contribution in [0.4, 0.5) is 21.9 Å². The molecule has 3 aromatic carbocycles. The molecule has 3 aromatic rings. The van der Waals surface area contributed by atoms with Gasteiger partial charge in [0, 0.05) is 5.69 Å². The van der Waals surface area contributed by atoms with Crippen molar-refractivity contribution in [1.29, 1.82) is 0 Å². The van der Waals surface area contributed by atoms with Gasteiger partial charge in [0.2, 0.25) is 0 Å². The Morgan fingerprint density at radius 1 is 0.767 bits per heavy atom. The van der Waals surface area contributed by atoms with E-state index >= 15 is 0 Å². The molecule has 30 heavy (non-hydrogen) atoms. The Labute approximate surface area is 174 Å². The SMILES string of the molecule is COc1ccccc1NC(=O)Nc1cccc(S(=O)(=O)Nc2ccccc2OC)c1. The fourth-order valence-electron chi connectivity index (χ4n) is 2.71. The number of carbonyl (C=O) groups is 1. The molecular weight excluding hydrogens is 406 g/mol. The number of para-hydroxylation sites is 4. The third-order valence-corrected chi connectivity index (χ3v) is 5.47. The van der Waals surface area contributed by atoms with Crippen molar-refractivity contribution in [3.05, 3.63) is 72.8 Å². The van der Waals surface area contributed by atoms with Crippen molar-refractivity contribution in [2.24, 2.45) is 0 Å². The monoisotopic (exact) mass is 427 g/mol. The predicted molar refractivity (Wildman–Crippen MR) is 116 cm³/mol. The van der Waals surface area contributed by atoms with Crippen molar-refractivity contribution < 1.29 is 22.7 Å². The number of sulfonamides is 1. The highest BCUT2D eigenvalue weighted by Gasteiger charge is 2.17. The summed E-state index contributed by atoms with van der Waals surface area (Å²) < 4.78 is 38.4. The Balaban J connectivity index is 1.76. The summed E-state index contributed by atoms with van der Waals surface area (Å²) in [7, 11) is -0.938. The van der Waals surface area contributed by atoms with Crippen molar-refractivity contribution in [1.82, 2.24) is 0 Å². The van der Waals surface area contributed by atoms with E-state index in [4.69, 9.17) is 9.47 Å². The number of amides is 2. The van der Waals surface area contributed by atoms with Crippen LogP contribution in [0.5, 0.6) is 11.5 Å². The third-order valence-electron chi connectivity index (χ3n) is 4.11. The standard InChI is InChI=1S/C21H21N3O5S/c1-28-19-12-5-3-10-17(19)23-21(25)22-15-8-7-9-16(14-15)30(26,27)24-18-11-4-6-13-20(18)29-2/h3-14,24H,1-2H3,(H2,22,23,25). The summed E-state index contributed by atoms with van der Waals surface area (Å²) in [5, 5.41) is 5.28. The molecule has 0 spiro atoms. The molecule has 8 nitrogen and oxygen atoms in total. The van der Waals surface area contributed by atoms with Crippen LogP contribution in [0.3, 0.4) is 0 Å². The van der Waals surface area contributed by atoms with Crippen molar-refractivity contribution in [2.75, 3.05) is 29.6 Å². The van der Waals surface area contributed by atoms with Crippen LogP contribution in [-0.4, -0.2) is 28.7 Å². The van der Waals surface area contributed by atoms with E-state index in [9.17, 15) is 13.2 Å². The summed E-state index contributed by atoms with van der Waals surface area (Å²) in [6.07, 6.45) is 0. The molecule has 0 saturated heterocycles. The number of carbonyl (C=O) groups excluding carboxylic acids is 1. The van der Waals surface area contributed by atoms with E-state index in [1.165, 1.54) is 32.4 Å². The summed E-state index contributed by atoms with van der Waals surface area (Å²) in [5.74, 6) is 0.900. The van der Waals surface area contributed by atoms with Gasteiger partial charge in [-0.2, -0.15) is 0 Å². The number of ether oxygens (including phenoxy) is 2. The number of rotatable bonds is 7. The number of hydrogen-bond acceptors (Lipinski definition) is 5. The van der Waals surface area contributed by atoms with E-state index in [1.807, 2.05) is 0 Å². The zero-order chi connectivity index (χ0) is 21.6. The maximum atomic E-state index is 12.8. The fourth-order valence-corrected chi connectivity index (χ4v) is 3.82. The number of urea groups is 1. The first-order chi connectivity index (χ1) is 14.4. The van der Waals surface area contributed by atoms with E-state index in [1.54, 1.807) is 54.6 Å². The van der Waals surface area contributed by atoms with Gasteiger partial charge >= 0.3 is 6.03 Å². The summed E-state index contributed by atoms with van der Waals surface area (Å²) in [6, 6.07) is 19.0. The number of anilines is 3. The summed E-state index contributed by atoms with van der Waals surface area (Å²) >= 11 is 0. The molecule has 2 amide bonds. The molecule has 9 heteroatoms. The molecule has 0 aliphatic carbocycles. The van der Waals surface area contributed by atoms with E-state index in [0.29, 0.717) is 28.6 Å². The largest absolute Gasteiger partial charge is 0.495 e. The quantitative estimate of drug-likeness (QED) is 0.525. The molecule has 156 valence electrons. The highest BCUT2D eigenvalue weighted by molar-refractivity contribution is 7.92. The van der Waals surface area contributed by atoms with E-state index in [2.05, 4.69) is 15.4 Å². The van der Waals surface area contributed by atoms with E-state index < -0.39 is 16.1 Å². The van der Waals surface area contributed by atoms with Crippen LogP contribution in [0.2, 0.25) is 0 Å². The van der Waals surface area contributed by atoms with Crippen LogP contribution in [0.25, 0.3) is 0 Å². The molecule has 0 bridgehead atoms. The smallest absolute Gasteiger partial charge is 0.323 e. The number of nitrogens with one attached hydrogen (secondary N) is 3. The van der Waals surface area contributed by atoms with Gasteiger partial charge in [-0.1, -0.05) is 30.3 Å². The lowest BCUT2D eigenvalue weighted by Gasteiger charge is -2.13. The fraction of sp³-hybridized carbons (Fsp3) is 0.0952. The Bertz CT molecular complexity index is 1150. The molecule has 0 unspecified atom stereocenters. The average Bonchev–Trinajstić information content (AvgIpc) is 2.74. The highest BCUT2D eigenvalue weighted by Crippen LogP contribution is 2.27. The Morgan fingerprint density at radius 2 is 1.37 bits per heavy atom. The molecule has 0 fully saturated rings. The lowest BCUT2D eigenvalue weighted by Crippen LogP contribution is -2.20. The average molecular weight is 427 g/mol. The molecule has 0 aliphatic rings. The number of hydrogen-bond donors (Lipinski definition) is 3. The van der Waals surface area contributed by atoms with Gasteiger partial charge in [0.25, 0.3) is 10.0 Å². The zero-order valence-electron chi connectivity index (χ0n) is 16.4. The summed E-state index contributed by atoms with van der Waals surface area (Å²) in [5.41, 5.74) is 1.11. The zero-order valence-corrected chi connectivity index (χ0v) is 17.2. The Kier molecular flexibility index (Phi) is 6.43. The van der Waals surface area contributed by atoms with Gasteiger partial charge in [-0.05, 0) is 42.5 Å². The summed E-state index contributed by atoms with van der Waals surface area (Å²) in [6.45, 7) is 0. The molecule has 0 heterocycles. The Morgan fingerprint density at radius 3 is 2.03 bits per heavy atom. The lowest BCUT2D eigenvalue weighted by molar-refractivity contribution is 0.262. The van der Waals surface area contributed by atoms with Crippen molar-refractivity contribution in [2.45, 2.75) is 4.90 Å². The number of benzene rings is 3. The van der Waals surface area contributed by atoms with Crippen LogP contribution in [0.15, 0.2) is 77.7 Å². The minimum Gasteiger partial charge on any atom is -0.495 e. The molecule has 3 rings (SSSR count). The second kappa shape index (κ2) is 9.19. The van der Waals surface area contributed by atoms with Gasteiger partial charge in [-0.15, -0.1) is 0 Å². The molecular formula is C21H21N3O5S. The van der Waals surface area contributed by atoms with Gasteiger partial charge in [0.1, 0.15) is 11.5 Å². The minimum absolute atomic E-state index is 0.0107. The molecule has 0 saturated carbocycles. The van der Waals surface area contributed by atoms with Gasteiger partial charge in [-0.3, -0.25) is 4.72 Å². The third kappa shape index (κ3) is 5.00. The van der Waals surface area contributed by atoms with Crippen LogP contribution in [0, 0.1) is 0 Å². The van der Waals surface area contributed by atoms with Crippen molar-refractivity contribution >= 4 is 33.1 Å². The van der Waals surface area contributed by atoms with Crippen molar-refractivity contribution in [3.63, 3.8) is 0 Å². The normalized spacial score (nSPS) is 10.7. The van der Waals surface area contributed by atoms with Gasteiger partial charge in [-0.25, -0.2) is 13.2 Å². The van der Waals surface area contributed by atoms with Crippen LogP contribution in [0.1, 0.15) is 0 Å². The molecule has 0 atom stereocenters. The first-order valence-corrected chi connectivity index (χ1v) is 10.4. The summed E-state index contributed by atoms with van der Waals surface area (Å²) in [4.78, 5) is 12.3. The second-order valence-corrected chi connectivity index (χ2v) is 7.80. The van der Waals surface area contributed by atoms with Crippen LogP contribution in [-0.2, 0) is 10.0 Å². The molecule has 0 radical (unpaired) electrons. The Hall–Kier alpha value is -3.72. The molecule has 0 aliphatic heterocycles. The highest BCUT2D eigenvalue weighted by atomic mass is 32.2. The maximum Gasteiger partial charge on any atom is 0.323 e. The van der Waals surface area contributed by atoms with Gasteiger partial charge in [0.05, 0.1) is 30.5 Å². The van der Waals surface area contributed by atoms with Gasteiger partial charge in [0.15, 0.2) is 0 Å². The van der Waals surface area contributed by atoms with Crippen molar-refractivity contribution in [3.8, 4) is 11.5 Å². The molecule has 0 aromatic heterocycles. The maximum absolute atomic E-state index is 12.8. The number of methoxy groups -OCH3 is 2. The van der Waals surface area contributed by atoms with Gasteiger partial charge < -0.3 is 20.1 Å². The predicted octanol–water partition coefficient (Wildman–Crippen LogP) is 4.15. The minimum atomic E-state index is -3.90.